The molecule has 0 saturated carbocycles. The van der Waals surface area contributed by atoms with E-state index < -0.39 is 99.7 Å². The smallest absolute Gasteiger partial charge is 0.370 e. The summed E-state index contributed by atoms with van der Waals surface area (Å²) in [4.78, 5) is 54.7. The number of carbonyl (C=O) groups is 2. The number of thioether (sulfide) groups is 1. The molecule has 0 radical (unpaired) electrons. The third-order valence-corrected chi connectivity index (χ3v) is 10.3. The number of nitrogens with zero attached hydrogens (tertiary/aromatic N) is 4. The van der Waals surface area contributed by atoms with Crippen LogP contribution in [-0.2, 0) is 32.8 Å². The van der Waals surface area contributed by atoms with Gasteiger partial charge in [0.05, 0.1) is 22.8 Å². The molecule has 2 N–H and O–H groups in total. The van der Waals surface area contributed by atoms with E-state index in [2.05, 4.69) is 11.6 Å². The molecule has 222 valence electrons. The fourth-order valence-electron chi connectivity index (χ4n) is 4.06. The minimum atomic E-state index is -5.07. The van der Waals surface area contributed by atoms with E-state index in [1.54, 1.807) is 0 Å². The highest BCUT2D eigenvalue weighted by molar-refractivity contribution is 8.16. The number of amides is 2. The van der Waals surface area contributed by atoms with Crippen LogP contribution in [0.3, 0.4) is 0 Å². The zero-order valence-corrected chi connectivity index (χ0v) is 24.0. The van der Waals surface area contributed by atoms with Gasteiger partial charge < -0.3 is 5.73 Å². The molecule has 0 aliphatic carbocycles. The van der Waals surface area contributed by atoms with Crippen LogP contribution >= 0.6 is 23.4 Å². The van der Waals surface area contributed by atoms with Crippen LogP contribution in [0.4, 0.5) is 23.2 Å². The number of primary amides is 1. The molecule has 1 aliphatic heterocycles. The van der Waals surface area contributed by atoms with Gasteiger partial charge in [0.25, 0.3) is 10.7 Å². The predicted octanol–water partition coefficient (Wildman–Crippen LogP) is 2.59. The first-order valence-electron chi connectivity index (χ1n) is 11.5. The van der Waals surface area contributed by atoms with Crippen LogP contribution in [0.5, 0.6) is 0 Å². The van der Waals surface area contributed by atoms with Gasteiger partial charge in [0.15, 0.2) is 0 Å². The van der Waals surface area contributed by atoms with E-state index >= 15 is 4.39 Å². The largest absolute Gasteiger partial charge is 0.431 e. The Morgan fingerprint density at radius 3 is 2.39 bits per heavy atom. The number of aromatic nitrogens is 2. The summed E-state index contributed by atoms with van der Waals surface area (Å²) in [6.07, 6.45) is -4.47. The number of alkyl halides is 3. The van der Waals surface area contributed by atoms with E-state index in [9.17, 15) is 40.8 Å². The van der Waals surface area contributed by atoms with Crippen molar-refractivity contribution in [2.75, 3.05) is 6.54 Å². The molecule has 18 heteroatoms. The molecule has 2 atom stereocenters. The molecule has 1 aromatic carbocycles. The number of nitrogens with two attached hydrogens (primary N) is 1. The van der Waals surface area contributed by atoms with Crippen molar-refractivity contribution in [3.8, 4) is 5.69 Å². The van der Waals surface area contributed by atoms with E-state index in [4.69, 9.17) is 17.3 Å². The molecule has 1 fully saturated rings. The maximum atomic E-state index is 15.0. The van der Waals surface area contributed by atoms with Gasteiger partial charge >= 0.3 is 27.8 Å². The molecular formula is C23H23ClF4N5O6S2+. The van der Waals surface area contributed by atoms with Crippen molar-refractivity contribution in [3.05, 3.63) is 68.2 Å². The van der Waals surface area contributed by atoms with Gasteiger partial charge in [-0.2, -0.15) is 26.6 Å². The number of hydrogen-bond acceptors (Lipinski definition) is 8. The first-order valence-corrected chi connectivity index (χ1v) is 14.3. The Morgan fingerprint density at radius 1 is 1.27 bits per heavy atom. The lowest BCUT2D eigenvalue weighted by molar-refractivity contribution is -0.613. The minimum absolute atomic E-state index is 0.0993. The predicted molar refractivity (Wildman–Crippen MR) is 144 cm³/mol. The molecule has 1 aliphatic rings. The summed E-state index contributed by atoms with van der Waals surface area (Å²) in [5, 5.41) is -3.30. The van der Waals surface area contributed by atoms with Crippen LogP contribution in [0.1, 0.15) is 26.0 Å². The Bertz CT molecular complexity index is 1720. The van der Waals surface area contributed by atoms with Crippen LogP contribution in [0.2, 0.25) is 5.02 Å². The second-order valence-corrected chi connectivity index (χ2v) is 13.3. The Morgan fingerprint density at radius 2 is 1.88 bits per heavy atom. The lowest BCUT2D eigenvalue weighted by Gasteiger charge is -2.29. The minimum Gasteiger partial charge on any atom is -0.370 e. The Labute approximate surface area is 239 Å². The number of rotatable bonds is 8. The van der Waals surface area contributed by atoms with Gasteiger partial charge in [-0.25, -0.2) is 18.5 Å². The van der Waals surface area contributed by atoms with Gasteiger partial charge in [-0.1, -0.05) is 22.1 Å². The van der Waals surface area contributed by atoms with Crippen molar-refractivity contribution in [1.82, 2.24) is 9.13 Å². The van der Waals surface area contributed by atoms with Crippen LogP contribution in [0.25, 0.3) is 5.69 Å². The molecule has 2 amide bonds. The van der Waals surface area contributed by atoms with E-state index in [-0.39, 0.29) is 15.2 Å². The second kappa shape index (κ2) is 11.2. The monoisotopic (exact) mass is 640 g/mol. The average Bonchev–Trinajstić information content (AvgIpc) is 3.09. The molecule has 41 heavy (non-hydrogen) atoms. The lowest BCUT2D eigenvalue weighted by Crippen LogP contribution is -2.60. The number of aliphatic imine (C=N–C) groups is 1. The number of quaternary nitrogens is 1. The van der Waals surface area contributed by atoms with Gasteiger partial charge in [0.2, 0.25) is 5.91 Å². The number of benzene rings is 1. The summed E-state index contributed by atoms with van der Waals surface area (Å²) < 4.78 is 80.7. The Hall–Kier alpha value is -3.28. The third kappa shape index (κ3) is 5.50. The molecule has 0 bridgehead atoms. The van der Waals surface area contributed by atoms with Gasteiger partial charge in [-0.3, -0.25) is 14.2 Å². The summed E-state index contributed by atoms with van der Waals surface area (Å²) in [5.74, 6) is -3.15. The topological polar surface area (TPSA) is 151 Å². The van der Waals surface area contributed by atoms with Crippen LogP contribution < -0.4 is 17.0 Å². The van der Waals surface area contributed by atoms with Crippen molar-refractivity contribution < 1.29 is 39.5 Å². The maximum absolute atomic E-state index is 15.0. The van der Waals surface area contributed by atoms with Gasteiger partial charge in [0, 0.05) is 13.1 Å². The maximum Gasteiger partial charge on any atom is 0.431 e. The highest BCUT2D eigenvalue weighted by Crippen LogP contribution is 2.43. The van der Waals surface area contributed by atoms with Crippen molar-refractivity contribution >= 4 is 56.1 Å². The zero-order valence-electron chi connectivity index (χ0n) is 21.6. The van der Waals surface area contributed by atoms with Crippen LogP contribution in [0.15, 0.2) is 45.4 Å². The second-order valence-electron chi connectivity index (χ2n) is 9.08. The third-order valence-electron chi connectivity index (χ3n) is 6.07. The summed E-state index contributed by atoms with van der Waals surface area (Å²) in [5.41, 5.74) is -0.673. The highest BCUT2D eigenvalue weighted by Gasteiger charge is 2.63. The molecular weight excluding hydrogens is 618 g/mol. The van der Waals surface area contributed by atoms with Crippen molar-refractivity contribution in [2.24, 2.45) is 17.8 Å². The molecule has 2 heterocycles. The normalized spacial score (nSPS) is 20.7. The van der Waals surface area contributed by atoms with E-state index in [1.807, 2.05) is 0 Å². The molecule has 1 saturated heterocycles. The SMILES string of the molecule is C=CC[N+]1(S(=O)(=O)C(C)C)C(=O)C(CC(N)=O)SC1=Nc1cc(-n2c(=O)cc(C(F)(F)F)n(C)c2=O)c(F)cc1Cl. The number of amidine groups is 1. The number of carbonyl (C=O) groups excluding carboxylic acids is 2. The molecule has 1 aromatic heterocycles. The summed E-state index contributed by atoms with van der Waals surface area (Å²) in [6.45, 7) is 5.62. The fourth-order valence-corrected chi connectivity index (χ4v) is 7.70. The van der Waals surface area contributed by atoms with Crippen molar-refractivity contribution in [2.45, 2.75) is 36.9 Å². The first-order chi connectivity index (χ1) is 18.8. The lowest BCUT2D eigenvalue weighted by atomic mass is 10.2. The summed E-state index contributed by atoms with van der Waals surface area (Å²) in [7, 11) is -3.70. The zero-order chi connectivity index (χ0) is 31.2. The molecule has 3 rings (SSSR count). The van der Waals surface area contributed by atoms with E-state index in [0.717, 1.165) is 19.2 Å². The standard InChI is InChI=1S/C23H22ClF4N5O6S2/c1-5-6-33(41(38,39)11(2)3)20(36)16(9-18(29)34)40-21(33)30-14-8-15(13(25)7-12(14)24)32-19(35)10-17(23(26,27)28)31(4)22(32)37/h5,7-8,10-11,16H,1,6,9H2,2-4H3,(H-,29,34)/p+1. The van der Waals surface area contributed by atoms with Gasteiger partial charge in [-0.05, 0) is 43.8 Å². The quantitative estimate of drug-likeness (QED) is 0.265. The summed E-state index contributed by atoms with van der Waals surface area (Å²) in [6, 6.07) is 1.46. The van der Waals surface area contributed by atoms with Gasteiger partial charge in [-0.15, -0.1) is 0 Å². The van der Waals surface area contributed by atoms with Crippen LogP contribution in [0, 0.1) is 5.82 Å². The van der Waals surface area contributed by atoms with Crippen molar-refractivity contribution in [1.29, 1.82) is 0 Å². The number of hydrogen-bond donors (Lipinski definition) is 1. The molecule has 0 spiro atoms. The highest BCUT2D eigenvalue weighted by atomic mass is 35.5. The fraction of sp³-hybridized carbons (Fsp3) is 0.348. The van der Waals surface area contributed by atoms with Gasteiger partial charge in [0.1, 0.15) is 28.6 Å². The number of halogens is 5. The Kier molecular flexibility index (Phi) is 8.79. The Balaban J connectivity index is 2.37. The van der Waals surface area contributed by atoms with E-state index in [1.165, 1.54) is 13.8 Å². The van der Waals surface area contributed by atoms with Crippen LogP contribution in [-0.4, -0.2) is 55.5 Å². The van der Waals surface area contributed by atoms with Crippen molar-refractivity contribution in [3.63, 3.8) is 0 Å². The summed E-state index contributed by atoms with van der Waals surface area (Å²) >= 11 is 6.75. The molecule has 2 aromatic rings. The molecule has 11 nitrogen and oxygen atoms in total. The average molecular weight is 641 g/mol. The number of sulfonamides is 1. The van der Waals surface area contributed by atoms with E-state index in [0.29, 0.717) is 17.8 Å². The first kappa shape index (κ1) is 32.2. The molecule has 2 unspecified atom stereocenters.